The van der Waals surface area contributed by atoms with Gasteiger partial charge in [0.15, 0.2) is 10.9 Å². The molecule has 1 aliphatic heterocycles. The van der Waals surface area contributed by atoms with E-state index >= 15 is 0 Å². The van der Waals surface area contributed by atoms with Crippen molar-refractivity contribution in [3.63, 3.8) is 0 Å². The van der Waals surface area contributed by atoms with Crippen LogP contribution in [-0.2, 0) is 0 Å². The Bertz CT molecular complexity index is 1010. The topological polar surface area (TPSA) is 62.5 Å². The van der Waals surface area contributed by atoms with Crippen molar-refractivity contribution in [2.24, 2.45) is 0 Å². The first kappa shape index (κ1) is 14.6. The summed E-state index contributed by atoms with van der Waals surface area (Å²) in [5, 5.41) is 9.55. The van der Waals surface area contributed by atoms with Crippen molar-refractivity contribution in [1.29, 1.82) is 0 Å². The number of rotatable bonds is 2. The summed E-state index contributed by atoms with van der Waals surface area (Å²) in [6.07, 6.45) is 3.73. The quantitative estimate of drug-likeness (QED) is 0.552. The molecular weight excluding hydrogens is 334 g/mol. The number of hydrogen-bond acceptors (Lipinski definition) is 7. The van der Waals surface area contributed by atoms with Crippen LogP contribution in [0, 0.1) is 6.92 Å². The molecule has 0 unspecified atom stereocenters. The fourth-order valence-electron chi connectivity index (χ4n) is 3.26. The van der Waals surface area contributed by atoms with E-state index in [4.69, 9.17) is 4.98 Å². The van der Waals surface area contributed by atoms with Gasteiger partial charge in [0.05, 0.1) is 10.2 Å². The number of aromatic nitrogens is 5. The van der Waals surface area contributed by atoms with Crippen molar-refractivity contribution in [2.75, 3.05) is 36.0 Å². The zero-order valence-corrected chi connectivity index (χ0v) is 14.6. The fraction of sp³-hybridized carbons (Fsp3) is 0.294. The first-order valence-corrected chi connectivity index (χ1v) is 9.13. The van der Waals surface area contributed by atoms with Gasteiger partial charge < -0.3 is 9.80 Å². The lowest BCUT2D eigenvalue weighted by molar-refractivity contribution is 0.646. The molecule has 0 atom stereocenters. The van der Waals surface area contributed by atoms with Crippen molar-refractivity contribution in [3.8, 4) is 0 Å². The molecule has 3 aromatic heterocycles. The maximum absolute atomic E-state index is 4.77. The van der Waals surface area contributed by atoms with E-state index in [0.717, 1.165) is 54.1 Å². The van der Waals surface area contributed by atoms with Crippen LogP contribution in [0.1, 0.15) is 5.82 Å². The van der Waals surface area contributed by atoms with Crippen LogP contribution in [0.4, 0.5) is 10.9 Å². The molecule has 0 bridgehead atoms. The molecule has 8 heteroatoms. The van der Waals surface area contributed by atoms with Gasteiger partial charge in [-0.2, -0.15) is 0 Å². The maximum atomic E-state index is 4.77. The Labute approximate surface area is 148 Å². The minimum Gasteiger partial charge on any atom is -0.350 e. The fourth-order valence-corrected chi connectivity index (χ4v) is 4.27. The van der Waals surface area contributed by atoms with E-state index in [2.05, 4.69) is 43.2 Å². The lowest BCUT2D eigenvalue weighted by atomic mass is 10.3. The van der Waals surface area contributed by atoms with Crippen LogP contribution in [0.3, 0.4) is 0 Å². The minimum atomic E-state index is 0.827. The van der Waals surface area contributed by atoms with E-state index in [0.29, 0.717) is 0 Å². The van der Waals surface area contributed by atoms with Gasteiger partial charge in [0.1, 0.15) is 5.82 Å². The monoisotopic (exact) mass is 351 g/mol. The third-order valence-corrected chi connectivity index (χ3v) is 5.71. The van der Waals surface area contributed by atoms with Crippen molar-refractivity contribution < 1.29 is 0 Å². The van der Waals surface area contributed by atoms with Gasteiger partial charge in [-0.05, 0) is 19.1 Å². The van der Waals surface area contributed by atoms with E-state index in [1.165, 1.54) is 4.70 Å². The number of anilines is 2. The Hall–Kier alpha value is -2.74. The van der Waals surface area contributed by atoms with E-state index in [1.54, 1.807) is 11.3 Å². The minimum absolute atomic E-state index is 0.827. The Morgan fingerprint density at radius 3 is 2.64 bits per heavy atom. The molecule has 4 heterocycles. The summed E-state index contributed by atoms with van der Waals surface area (Å²) in [5.74, 6) is 1.79. The van der Waals surface area contributed by atoms with Crippen LogP contribution in [-0.4, -0.2) is 50.7 Å². The van der Waals surface area contributed by atoms with Gasteiger partial charge in [-0.25, -0.2) is 9.97 Å². The first-order valence-electron chi connectivity index (χ1n) is 8.31. The second-order valence-electron chi connectivity index (χ2n) is 6.13. The summed E-state index contributed by atoms with van der Waals surface area (Å²) in [6.45, 7) is 5.60. The van der Waals surface area contributed by atoms with E-state index in [9.17, 15) is 0 Å². The highest BCUT2D eigenvalue weighted by Crippen LogP contribution is 2.29. The largest absolute Gasteiger partial charge is 0.350 e. The second-order valence-corrected chi connectivity index (χ2v) is 7.14. The molecular formula is C17H17N7S. The maximum Gasteiger partial charge on any atom is 0.203 e. The van der Waals surface area contributed by atoms with Crippen LogP contribution < -0.4 is 9.80 Å². The highest BCUT2D eigenvalue weighted by molar-refractivity contribution is 7.22. The molecule has 1 aliphatic rings. The number of thiazole rings is 1. The molecule has 126 valence electrons. The molecule has 0 aliphatic carbocycles. The molecule has 5 rings (SSSR count). The molecule has 0 saturated carbocycles. The van der Waals surface area contributed by atoms with Crippen LogP contribution >= 0.6 is 11.3 Å². The van der Waals surface area contributed by atoms with Crippen molar-refractivity contribution in [1.82, 2.24) is 24.6 Å². The van der Waals surface area contributed by atoms with Crippen molar-refractivity contribution in [2.45, 2.75) is 6.92 Å². The zero-order valence-electron chi connectivity index (χ0n) is 13.8. The molecule has 0 amide bonds. The van der Waals surface area contributed by atoms with Gasteiger partial charge in [0.25, 0.3) is 0 Å². The molecule has 0 N–H and O–H groups in total. The number of para-hydroxylation sites is 1. The Morgan fingerprint density at radius 1 is 1.00 bits per heavy atom. The lowest BCUT2D eigenvalue weighted by Gasteiger charge is -2.35. The van der Waals surface area contributed by atoms with Crippen LogP contribution in [0.2, 0.25) is 0 Å². The van der Waals surface area contributed by atoms with E-state index in [1.807, 2.05) is 29.8 Å². The Morgan fingerprint density at radius 2 is 1.80 bits per heavy atom. The number of benzene rings is 1. The molecule has 0 spiro atoms. The number of nitrogens with zero attached hydrogens (tertiary/aromatic N) is 7. The third-order valence-electron chi connectivity index (χ3n) is 4.61. The van der Waals surface area contributed by atoms with Crippen LogP contribution in [0.25, 0.3) is 15.9 Å². The standard InChI is InChI=1S/C17H17N7S/c1-12-20-21-16-15(18-6-7-24(12)16)22-8-10-23(11-9-22)17-19-13-4-2-3-5-14(13)25-17/h2-7H,8-11H2,1H3. The summed E-state index contributed by atoms with van der Waals surface area (Å²) < 4.78 is 3.23. The number of aryl methyl sites for hydroxylation is 1. The van der Waals surface area contributed by atoms with Gasteiger partial charge in [-0.1, -0.05) is 23.5 Å². The normalized spacial score (nSPS) is 15.4. The molecule has 4 aromatic rings. The summed E-state index contributed by atoms with van der Waals surface area (Å²) in [7, 11) is 0. The number of hydrogen-bond donors (Lipinski definition) is 0. The molecule has 1 saturated heterocycles. The summed E-state index contributed by atoms with van der Waals surface area (Å²) in [4.78, 5) is 14.0. The highest BCUT2D eigenvalue weighted by Gasteiger charge is 2.23. The summed E-state index contributed by atoms with van der Waals surface area (Å²) >= 11 is 1.76. The van der Waals surface area contributed by atoms with Gasteiger partial charge in [0, 0.05) is 38.6 Å². The summed E-state index contributed by atoms with van der Waals surface area (Å²) in [5.41, 5.74) is 1.91. The van der Waals surface area contributed by atoms with Gasteiger partial charge in [-0.15, -0.1) is 10.2 Å². The molecule has 0 radical (unpaired) electrons. The smallest absolute Gasteiger partial charge is 0.203 e. The molecule has 25 heavy (non-hydrogen) atoms. The lowest BCUT2D eigenvalue weighted by Crippen LogP contribution is -2.47. The predicted molar refractivity (Wildman–Crippen MR) is 99.6 cm³/mol. The molecule has 1 fully saturated rings. The SMILES string of the molecule is Cc1nnc2c(N3CCN(c4nc5ccccc5s4)CC3)nccn12. The average molecular weight is 351 g/mol. The third kappa shape index (κ3) is 2.41. The van der Waals surface area contributed by atoms with Crippen molar-refractivity contribution in [3.05, 3.63) is 42.5 Å². The second kappa shape index (κ2) is 5.66. The number of fused-ring (bicyclic) bond motifs is 2. The Balaban J connectivity index is 1.38. The van der Waals surface area contributed by atoms with E-state index < -0.39 is 0 Å². The van der Waals surface area contributed by atoms with Crippen molar-refractivity contribution >= 4 is 38.2 Å². The van der Waals surface area contributed by atoms with Gasteiger partial charge in [-0.3, -0.25) is 4.40 Å². The predicted octanol–water partition coefficient (Wildman–Crippen LogP) is 2.37. The Kier molecular flexibility index (Phi) is 3.30. The van der Waals surface area contributed by atoms with Gasteiger partial charge in [0.2, 0.25) is 5.65 Å². The molecule has 7 nitrogen and oxygen atoms in total. The van der Waals surface area contributed by atoms with E-state index in [-0.39, 0.29) is 0 Å². The van der Waals surface area contributed by atoms with Gasteiger partial charge >= 0.3 is 0 Å². The van der Waals surface area contributed by atoms with Crippen LogP contribution in [0.15, 0.2) is 36.7 Å². The summed E-state index contributed by atoms with van der Waals surface area (Å²) in [6, 6.07) is 8.31. The number of piperazine rings is 1. The zero-order chi connectivity index (χ0) is 16.8. The first-order chi connectivity index (χ1) is 12.3. The average Bonchev–Trinajstić information content (AvgIpc) is 3.26. The van der Waals surface area contributed by atoms with Crippen LogP contribution in [0.5, 0.6) is 0 Å². The molecule has 1 aromatic carbocycles. The highest BCUT2D eigenvalue weighted by atomic mass is 32.1.